The third kappa shape index (κ3) is 5.41. The maximum Gasteiger partial charge on any atom is 0.227 e. The lowest BCUT2D eigenvalue weighted by atomic mass is 9.97. The zero-order valence-electron chi connectivity index (χ0n) is 27.3. The number of oxazole rings is 1. The highest BCUT2D eigenvalue weighted by molar-refractivity contribution is 6.09. The Bertz CT molecular complexity index is 2560. The Kier molecular flexibility index (Phi) is 7.49. The molecular formula is C47H32N2O. The smallest absolute Gasteiger partial charge is 0.227 e. The van der Waals surface area contributed by atoms with Crippen molar-refractivity contribution < 1.29 is 4.42 Å². The molecule has 9 aromatic rings. The van der Waals surface area contributed by atoms with Gasteiger partial charge in [0.1, 0.15) is 5.52 Å². The number of hydrogen-bond acceptors (Lipinski definition) is 3. The van der Waals surface area contributed by atoms with Crippen molar-refractivity contribution in [2.45, 2.75) is 0 Å². The summed E-state index contributed by atoms with van der Waals surface area (Å²) in [4.78, 5) is 7.29. The number of fused-ring (bicyclic) bond motifs is 3. The lowest BCUT2D eigenvalue weighted by Crippen LogP contribution is -2.11. The summed E-state index contributed by atoms with van der Waals surface area (Å²) in [6.07, 6.45) is 0. The average molecular weight is 641 g/mol. The molecule has 0 radical (unpaired) electrons. The molecule has 0 saturated carbocycles. The minimum atomic E-state index is 0.635. The van der Waals surface area contributed by atoms with Crippen LogP contribution >= 0.6 is 0 Å². The fraction of sp³-hybridized carbons (Fsp3) is 0. The van der Waals surface area contributed by atoms with Crippen molar-refractivity contribution >= 4 is 38.9 Å². The van der Waals surface area contributed by atoms with E-state index in [2.05, 4.69) is 163 Å². The molecule has 0 aliphatic carbocycles. The number of aromatic nitrogens is 1. The Balaban J connectivity index is 1.14. The highest BCUT2D eigenvalue weighted by Gasteiger charge is 2.18. The summed E-state index contributed by atoms with van der Waals surface area (Å²) >= 11 is 0. The molecule has 236 valence electrons. The maximum atomic E-state index is 6.19. The van der Waals surface area contributed by atoms with E-state index in [1.807, 2.05) is 36.4 Å². The molecule has 0 aliphatic rings. The molecular weight excluding hydrogens is 609 g/mol. The van der Waals surface area contributed by atoms with Gasteiger partial charge in [-0.25, -0.2) is 4.98 Å². The molecule has 0 spiro atoms. The van der Waals surface area contributed by atoms with Crippen LogP contribution in [0.5, 0.6) is 0 Å². The molecule has 0 saturated heterocycles. The van der Waals surface area contributed by atoms with E-state index in [0.29, 0.717) is 5.89 Å². The first kappa shape index (κ1) is 29.4. The average Bonchev–Trinajstić information content (AvgIpc) is 3.65. The van der Waals surface area contributed by atoms with Crippen LogP contribution in [-0.2, 0) is 0 Å². The van der Waals surface area contributed by atoms with E-state index in [1.165, 1.54) is 22.3 Å². The van der Waals surface area contributed by atoms with Crippen LogP contribution in [0.15, 0.2) is 199 Å². The maximum absolute atomic E-state index is 6.19. The second-order valence-electron chi connectivity index (χ2n) is 12.4. The molecule has 1 aromatic heterocycles. The van der Waals surface area contributed by atoms with Gasteiger partial charge in [0.2, 0.25) is 5.89 Å². The lowest BCUT2D eigenvalue weighted by Gasteiger charge is -2.28. The Morgan fingerprint density at radius 3 is 1.56 bits per heavy atom. The second-order valence-corrected chi connectivity index (χ2v) is 12.4. The molecule has 0 atom stereocenters. The molecule has 9 rings (SSSR count). The number of anilines is 3. The Labute approximate surface area is 291 Å². The van der Waals surface area contributed by atoms with Gasteiger partial charge >= 0.3 is 0 Å². The highest BCUT2D eigenvalue weighted by atomic mass is 16.3. The highest BCUT2D eigenvalue weighted by Crippen LogP contribution is 2.42. The minimum absolute atomic E-state index is 0.635. The Hall–Kier alpha value is -6.71. The van der Waals surface area contributed by atoms with Crippen molar-refractivity contribution in [2.75, 3.05) is 4.90 Å². The van der Waals surface area contributed by atoms with Crippen LogP contribution < -0.4 is 4.90 Å². The molecule has 3 heteroatoms. The summed E-state index contributed by atoms with van der Waals surface area (Å²) < 4.78 is 6.19. The van der Waals surface area contributed by atoms with E-state index in [0.717, 1.165) is 55.6 Å². The molecule has 8 aromatic carbocycles. The first-order chi connectivity index (χ1) is 24.8. The summed E-state index contributed by atoms with van der Waals surface area (Å²) in [5, 5.41) is 2.22. The van der Waals surface area contributed by atoms with Gasteiger partial charge < -0.3 is 9.32 Å². The van der Waals surface area contributed by atoms with Crippen LogP contribution in [0.4, 0.5) is 17.1 Å². The zero-order valence-corrected chi connectivity index (χ0v) is 27.3. The fourth-order valence-corrected chi connectivity index (χ4v) is 6.89. The minimum Gasteiger partial charge on any atom is -0.436 e. The zero-order chi connectivity index (χ0) is 33.3. The summed E-state index contributed by atoms with van der Waals surface area (Å²) in [7, 11) is 0. The van der Waals surface area contributed by atoms with Gasteiger partial charge in [-0.05, 0) is 87.8 Å². The van der Waals surface area contributed by atoms with E-state index < -0.39 is 0 Å². The molecule has 3 nitrogen and oxygen atoms in total. The van der Waals surface area contributed by atoms with E-state index >= 15 is 0 Å². The van der Waals surface area contributed by atoms with E-state index in [-0.39, 0.29) is 0 Å². The van der Waals surface area contributed by atoms with Crippen molar-refractivity contribution in [1.29, 1.82) is 0 Å². The fourth-order valence-electron chi connectivity index (χ4n) is 6.89. The van der Waals surface area contributed by atoms with Gasteiger partial charge in [0.05, 0.1) is 5.69 Å². The Morgan fingerprint density at radius 2 is 0.880 bits per heavy atom. The van der Waals surface area contributed by atoms with Crippen molar-refractivity contribution in [3.05, 3.63) is 194 Å². The standard InChI is InChI=1S/C47H32N2O/c1-4-13-33(14-5-1)34-23-27-38(28-24-34)49(44-22-11-10-19-41(44)35-15-6-2-7-16-35)39-29-25-36(26-30-39)40-20-12-21-43-42(40)31-32-45-46(43)48-47(50-45)37-17-8-3-9-18-37/h1-32H. The first-order valence-electron chi connectivity index (χ1n) is 16.9. The summed E-state index contributed by atoms with van der Waals surface area (Å²) in [5.74, 6) is 0.635. The van der Waals surface area contributed by atoms with Gasteiger partial charge in [0.15, 0.2) is 5.58 Å². The molecule has 1 heterocycles. The van der Waals surface area contributed by atoms with Gasteiger partial charge in [0.25, 0.3) is 0 Å². The molecule has 0 fully saturated rings. The number of para-hydroxylation sites is 1. The van der Waals surface area contributed by atoms with Gasteiger partial charge in [-0.1, -0.05) is 140 Å². The van der Waals surface area contributed by atoms with Crippen LogP contribution in [-0.4, -0.2) is 4.98 Å². The van der Waals surface area contributed by atoms with Crippen LogP contribution in [0.25, 0.3) is 66.7 Å². The third-order valence-electron chi connectivity index (χ3n) is 9.34. The molecule has 0 amide bonds. The van der Waals surface area contributed by atoms with Crippen molar-refractivity contribution in [1.82, 2.24) is 4.98 Å². The van der Waals surface area contributed by atoms with Crippen molar-refractivity contribution in [3.63, 3.8) is 0 Å². The van der Waals surface area contributed by atoms with Gasteiger partial charge in [-0.3, -0.25) is 0 Å². The van der Waals surface area contributed by atoms with Crippen molar-refractivity contribution in [3.8, 4) is 44.8 Å². The van der Waals surface area contributed by atoms with Crippen molar-refractivity contribution in [2.24, 2.45) is 0 Å². The number of benzene rings is 8. The third-order valence-corrected chi connectivity index (χ3v) is 9.34. The predicted octanol–water partition coefficient (Wildman–Crippen LogP) is 13.1. The van der Waals surface area contributed by atoms with Gasteiger partial charge in [-0.15, -0.1) is 0 Å². The summed E-state index contributed by atoms with van der Waals surface area (Å²) in [6.45, 7) is 0. The quantitative estimate of drug-likeness (QED) is 0.174. The number of nitrogens with zero attached hydrogens (tertiary/aromatic N) is 2. The molecule has 0 aliphatic heterocycles. The summed E-state index contributed by atoms with van der Waals surface area (Å²) in [6, 6.07) is 68.2. The molecule has 50 heavy (non-hydrogen) atoms. The normalized spacial score (nSPS) is 11.2. The molecule has 0 N–H and O–H groups in total. The number of rotatable bonds is 7. The number of hydrogen-bond donors (Lipinski definition) is 0. The van der Waals surface area contributed by atoms with E-state index in [1.54, 1.807) is 0 Å². The van der Waals surface area contributed by atoms with Crippen LogP contribution in [0.1, 0.15) is 0 Å². The molecule has 0 unspecified atom stereocenters. The SMILES string of the molecule is c1ccc(-c2ccc(N(c3ccc(-c4cccc5c4ccc4oc(-c6ccccc6)nc45)cc3)c3ccccc3-c3ccccc3)cc2)cc1. The predicted molar refractivity (Wildman–Crippen MR) is 208 cm³/mol. The summed E-state index contributed by atoms with van der Waals surface area (Å²) in [5.41, 5.74) is 13.0. The van der Waals surface area contributed by atoms with E-state index in [9.17, 15) is 0 Å². The monoisotopic (exact) mass is 640 g/mol. The van der Waals surface area contributed by atoms with Crippen LogP contribution in [0, 0.1) is 0 Å². The van der Waals surface area contributed by atoms with Crippen LogP contribution in [0.2, 0.25) is 0 Å². The van der Waals surface area contributed by atoms with Gasteiger partial charge in [0, 0.05) is 27.9 Å². The van der Waals surface area contributed by atoms with E-state index in [4.69, 9.17) is 9.40 Å². The first-order valence-corrected chi connectivity index (χ1v) is 16.9. The topological polar surface area (TPSA) is 29.3 Å². The van der Waals surface area contributed by atoms with Crippen LogP contribution in [0.3, 0.4) is 0 Å². The Morgan fingerprint density at radius 1 is 0.360 bits per heavy atom. The van der Waals surface area contributed by atoms with Gasteiger partial charge in [-0.2, -0.15) is 0 Å². The lowest BCUT2D eigenvalue weighted by molar-refractivity contribution is 0.620. The molecule has 0 bridgehead atoms. The largest absolute Gasteiger partial charge is 0.436 e. The second kappa shape index (κ2) is 12.7.